The van der Waals surface area contributed by atoms with Gasteiger partial charge < -0.3 is 5.32 Å². The van der Waals surface area contributed by atoms with Gasteiger partial charge in [0.05, 0.1) is 16.3 Å². The lowest BCUT2D eigenvalue weighted by Gasteiger charge is -2.19. The Bertz CT molecular complexity index is 798. The Kier molecular flexibility index (Phi) is 6.04. The van der Waals surface area contributed by atoms with E-state index in [9.17, 15) is 27.6 Å². The highest BCUT2D eigenvalue weighted by molar-refractivity contribution is 8.04. The van der Waals surface area contributed by atoms with Crippen LogP contribution in [0.4, 0.5) is 18.9 Å². The molecule has 5 nitrogen and oxygen atoms in total. The van der Waals surface area contributed by atoms with Crippen LogP contribution in [-0.4, -0.2) is 34.8 Å². The van der Waals surface area contributed by atoms with E-state index in [1.807, 2.05) is 0 Å². The Morgan fingerprint density at radius 1 is 1.26 bits per heavy atom. The first-order valence-corrected chi connectivity index (χ1v) is 9.03. The van der Waals surface area contributed by atoms with Crippen LogP contribution in [0.5, 0.6) is 0 Å². The van der Waals surface area contributed by atoms with Crippen LogP contribution in [-0.2, 0) is 20.6 Å². The molecule has 0 aliphatic carbocycles. The number of halogens is 3. The molecule has 0 aromatic heterocycles. The van der Waals surface area contributed by atoms with Crippen LogP contribution in [0.1, 0.15) is 26.3 Å². The molecule has 2 rings (SSSR count). The smallest absolute Gasteiger partial charge is 0.325 e. The molecular weight excluding hydrogens is 381 g/mol. The molecule has 1 N–H and O–H groups in total. The van der Waals surface area contributed by atoms with E-state index in [-0.39, 0.29) is 29.7 Å². The minimum atomic E-state index is -4.52. The number of carbonyl (C=O) groups is 3. The van der Waals surface area contributed by atoms with Gasteiger partial charge in [-0.05, 0) is 18.2 Å². The van der Waals surface area contributed by atoms with Crippen molar-refractivity contribution in [3.8, 4) is 0 Å². The van der Waals surface area contributed by atoms with E-state index in [0.29, 0.717) is 5.03 Å². The second-order valence-corrected chi connectivity index (χ2v) is 7.99. The van der Waals surface area contributed by atoms with Gasteiger partial charge in [0, 0.05) is 17.2 Å². The van der Waals surface area contributed by atoms with Crippen molar-refractivity contribution in [1.29, 1.82) is 0 Å². The number of ketones is 1. The van der Waals surface area contributed by atoms with E-state index >= 15 is 0 Å². The van der Waals surface area contributed by atoms with Gasteiger partial charge in [0.15, 0.2) is 5.78 Å². The Hall–Kier alpha value is -2.29. The van der Waals surface area contributed by atoms with Crippen LogP contribution in [0.3, 0.4) is 0 Å². The number of hydrogen-bond donors (Lipinski definition) is 1. The van der Waals surface area contributed by atoms with Crippen LogP contribution in [0, 0.1) is 5.41 Å². The maximum Gasteiger partial charge on any atom is 0.416 e. The monoisotopic (exact) mass is 400 g/mol. The number of carbonyl (C=O) groups excluding carboxylic acids is 3. The molecule has 0 spiro atoms. The van der Waals surface area contributed by atoms with Gasteiger partial charge in [-0.2, -0.15) is 13.2 Å². The maximum absolute atomic E-state index is 12.7. The largest absolute Gasteiger partial charge is 0.416 e. The molecule has 1 fully saturated rings. The minimum absolute atomic E-state index is 0.0228. The topological polar surface area (TPSA) is 66.5 Å². The quantitative estimate of drug-likeness (QED) is 0.783. The van der Waals surface area contributed by atoms with Gasteiger partial charge in [-0.1, -0.05) is 38.6 Å². The normalized spacial score (nSPS) is 16.7. The molecule has 2 amide bonds. The summed E-state index contributed by atoms with van der Waals surface area (Å²) in [7, 11) is 0. The molecule has 1 heterocycles. The zero-order chi connectivity index (χ0) is 20.4. The van der Waals surface area contributed by atoms with Crippen LogP contribution in [0.25, 0.3) is 0 Å². The predicted molar refractivity (Wildman–Crippen MR) is 96.8 cm³/mol. The average Bonchev–Trinajstić information content (AvgIpc) is 2.86. The highest BCUT2D eigenvalue weighted by atomic mass is 32.2. The predicted octanol–water partition coefficient (Wildman–Crippen LogP) is 3.68. The summed E-state index contributed by atoms with van der Waals surface area (Å²) >= 11 is 1.15. The Balaban J connectivity index is 2.11. The fourth-order valence-corrected chi connectivity index (χ4v) is 3.09. The molecule has 146 valence electrons. The number of nitrogens with zero attached hydrogens (tertiary/aromatic N) is 1. The van der Waals surface area contributed by atoms with Crippen molar-refractivity contribution in [2.24, 2.45) is 5.41 Å². The molecule has 1 saturated heterocycles. The van der Waals surface area contributed by atoms with Crippen LogP contribution >= 0.6 is 11.8 Å². The van der Waals surface area contributed by atoms with E-state index in [0.717, 1.165) is 28.8 Å². The number of amides is 2. The molecular formula is C18H19F3N2O3S. The lowest BCUT2D eigenvalue weighted by atomic mass is 9.91. The molecule has 1 aromatic carbocycles. The van der Waals surface area contributed by atoms with Gasteiger partial charge >= 0.3 is 6.18 Å². The fraction of sp³-hybridized carbons (Fsp3) is 0.389. The Morgan fingerprint density at radius 3 is 2.52 bits per heavy atom. The van der Waals surface area contributed by atoms with Crippen LogP contribution in [0.2, 0.25) is 0 Å². The lowest BCUT2D eigenvalue weighted by Crippen LogP contribution is -2.34. The molecule has 1 aliphatic rings. The van der Waals surface area contributed by atoms with Crippen molar-refractivity contribution in [1.82, 2.24) is 4.90 Å². The van der Waals surface area contributed by atoms with Crippen molar-refractivity contribution in [3.05, 3.63) is 40.9 Å². The highest BCUT2D eigenvalue weighted by Crippen LogP contribution is 2.32. The third-order valence-corrected chi connectivity index (χ3v) is 4.71. The molecule has 9 heteroatoms. The summed E-state index contributed by atoms with van der Waals surface area (Å²) in [6.45, 7) is 4.82. The molecule has 0 saturated carbocycles. The lowest BCUT2D eigenvalue weighted by molar-refractivity contribution is -0.137. The molecule has 0 bridgehead atoms. The van der Waals surface area contributed by atoms with Crippen molar-refractivity contribution in [2.45, 2.75) is 26.9 Å². The molecule has 1 aliphatic heterocycles. The number of thioether (sulfide) groups is 1. The highest BCUT2D eigenvalue weighted by Gasteiger charge is 2.32. The van der Waals surface area contributed by atoms with Gasteiger partial charge in [-0.3, -0.25) is 19.3 Å². The van der Waals surface area contributed by atoms with Gasteiger partial charge in [-0.15, -0.1) is 0 Å². The van der Waals surface area contributed by atoms with Gasteiger partial charge in [-0.25, -0.2) is 0 Å². The molecule has 0 radical (unpaired) electrons. The van der Waals surface area contributed by atoms with Crippen LogP contribution in [0.15, 0.2) is 35.4 Å². The molecule has 0 atom stereocenters. The summed E-state index contributed by atoms with van der Waals surface area (Å²) in [6, 6.07) is 4.23. The van der Waals surface area contributed by atoms with Gasteiger partial charge in [0.25, 0.3) is 0 Å². The average molecular weight is 400 g/mol. The second kappa shape index (κ2) is 7.75. The Morgan fingerprint density at radius 2 is 1.93 bits per heavy atom. The molecule has 0 unspecified atom stereocenters. The number of anilines is 1. The van der Waals surface area contributed by atoms with Gasteiger partial charge in [0.2, 0.25) is 11.8 Å². The zero-order valence-electron chi connectivity index (χ0n) is 15.0. The van der Waals surface area contributed by atoms with Crippen molar-refractivity contribution in [2.75, 3.05) is 17.6 Å². The number of benzene rings is 1. The SMILES string of the molecule is CC(C)(C)C(=O)/C=C1\SCC(=O)N1CC(=O)Nc1cccc(C(F)(F)F)c1. The first-order valence-electron chi connectivity index (χ1n) is 8.04. The molecule has 1 aromatic rings. The first kappa shape index (κ1) is 21.0. The standard InChI is InChI=1S/C18H19F3N2O3S/c1-17(2,3)13(24)8-16-23(15(26)10-27-16)9-14(25)22-12-6-4-5-11(7-12)18(19,20)21/h4-8H,9-10H2,1-3H3,(H,22,25)/b16-8-. The van der Waals surface area contributed by atoms with Crippen molar-refractivity contribution >= 4 is 35.0 Å². The number of nitrogens with one attached hydrogen (secondary N) is 1. The Labute approximate surface area is 159 Å². The second-order valence-electron chi connectivity index (χ2n) is 6.99. The van der Waals surface area contributed by atoms with E-state index in [4.69, 9.17) is 0 Å². The summed E-state index contributed by atoms with van der Waals surface area (Å²) in [4.78, 5) is 37.5. The van der Waals surface area contributed by atoms with E-state index in [2.05, 4.69) is 5.32 Å². The summed E-state index contributed by atoms with van der Waals surface area (Å²) < 4.78 is 38.2. The fourth-order valence-electron chi connectivity index (χ4n) is 2.15. The number of alkyl halides is 3. The first-order chi connectivity index (χ1) is 12.4. The third-order valence-electron chi connectivity index (χ3n) is 3.68. The number of allylic oxidation sites excluding steroid dienone is 1. The van der Waals surface area contributed by atoms with E-state index in [1.165, 1.54) is 18.2 Å². The van der Waals surface area contributed by atoms with Crippen LogP contribution < -0.4 is 5.32 Å². The zero-order valence-corrected chi connectivity index (χ0v) is 15.8. The summed E-state index contributed by atoms with van der Waals surface area (Å²) in [5.74, 6) is -1.09. The maximum atomic E-state index is 12.7. The minimum Gasteiger partial charge on any atom is -0.325 e. The van der Waals surface area contributed by atoms with Crippen molar-refractivity contribution < 1.29 is 27.6 Å². The van der Waals surface area contributed by atoms with Gasteiger partial charge in [0.1, 0.15) is 6.54 Å². The number of hydrogen-bond acceptors (Lipinski definition) is 4. The summed E-state index contributed by atoms with van der Waals surface area (Å²) in [5, 5.41) is 2.71. The van der Waals surface area contributed by atoms with E-state index < -0.39 is 23.1 Å². The van der Waals surface area contributed by atoms with E-state index in [1.54, 1.807) is 20.8 Å². The third kappa shape index (κ3) is 5.59. The molecule has 27 heavy (non-hydrogen) atoms. The van der Waals surface area contributed by atoms with Crippen molar-refractivity contribution in [3.63, 3.8) is 0 Å². The summed E-state index contributed by atoms with van der Waals surface area (Å²) in [5.41, 5.74) is -1.54. The summed E-state index contributed by atoms with van der Waals surface area (Å²) in [6.07, 6.45) is -3.20. The number of rotatable bonds is 4.